The summed E-state index contributed by atoms with van der Waals surface area (Å²) in [6.45, 7) is -2.79. The van der Waals surface area contributed by atoms with Crippen LogP contribution in [0.1, 0.15) is 58.5 Å². The van der Waals surface area contributed by atoms with Crippen molar-refractivity contribution in [3.8, 4) is 28.8 Å². The lowest BCUT2D eigenvalue weighted by atomic mass is 9.92. The molecule has 1 aliphatic carbocycles. The number of benzene rings is 2. The molecule has 2 aromatic carbocycles. The molecule has 0 aliphatic heterocycles. The molecule has 0 unspecified atom stereocenters. The maximum atomic E-state index is 13.1. The van der Waals surface area contributed by atoms with Gasteiger partial charge in [0.25, 0.3) is 11.8 Å². The number of nitriles is 1. The molecule has 0 saturated heterocycles. The molecule has 0 atom stereocenters. The highest BCUT2D eigenvalue weighted by molar-refractivity contribution is 5.96. The zero-order chi connectivity index (χ0) is 28.2. The highest BCUT2D eigenvalue weighted by atomic mass is 19.3. The van der Waals surface area contributed by atoms with Crippen molar-refractivity contribution >= 4 is 11.8 Å². The van der Waals surface area contributed by atoms with Gasteiger partial charge in [-0.1, -0.05) is 18.2 Å². The quantitative estimate of drug-likeness (QED) is 0.340. The summed E-state index contributed by atoms with van der Waals surface area (Å²) >= 11 is 0. The predicted octanol–water partition coefficient (Wildman–Crippen LogP) is 4.22. The lowest BCUT2D eigenvalue weighted by Gasteiger charge is -2.29. The monoisotopic (exact) mass is 545 g/mol. The van der Waals surface area contributed by atoms with Crippen LogP contribution >= 0.6 is 0 Å². The highest BCUT2D eigenvalue weighted by Crippen LogP contribution is 2.27. The second kappa shape index (κ2) is 11.4. The van der Waals surface area contributed by atoms with Crippen LogP contribution in [0.25, 0.3) is 16.8 Å². The number of hydrogen-bond acceptors (Lipinski definition) is 6. The summed E-state index contributed by atoms with van der Waals surface area (Å²) in [7, 11) is 0. The minimum Gasteiger partial charge on any atom is -0.473 e. The fourth-order valence-corrected chi connectivity index (χ4v) is 4.66. The zero-order valence-electron chi connectivity index (χ0n) is 21.2. The molecular weight excluding hydrogens is 520 g/mol. The van der Waals surface area contributed by atoms with Crippen LogP contribution in [0.15, 0.2) is 67.1 Å². The van der Waals surface area contributed by atoms with E-state index in [2.05, 4.69) is 15.5 Å². The van der Waals surface area contributed by atoms with Gasteiger partial charge in [-0.3, -0.25) is 9.59 Å². The van der Waals surface area contributed by atoms with Crippen molar-refractivity contribution in [1.82, 2.24) is 24.9 Å². The van der Waals surface area contributed by atoms with Crippen molar-refractivity contribution in [3.05, 3.63) is 83.8 Å². The topological polar surface area (TPSA) is 141 Å². The minimum atomic E-state index is -2.79. The van der Waals surface area contributed by atoms with Crippen molar-refractivity contribution in [2.24, 2.45) is 5.73 Å². The lowest BCUT2D eigenvalue weighted by molar-refractivity contribution is 0.0566. The number of aromatic nitrogens is 4. The van der Waals surface area contributed by atoms with Gasteiger partial charge in [0, 0.05) is 29.6 Å². The lowest BCUT2D eigenvalue weighted by Crippen LogP contribution is -2.39. The van der Waals surface area contributed by atoms with Gasteiger partial charge in [-0.15, -0.1) is 5.10 Å². The molecule has 0 bridgehead atoms. The van der Waals surface area contributed by atoms with Gasteiger partial charge in [0.1, 0.15) is 11.7 Å². The zero-order valence-corrected chi connectivity index (χ0v) is 21.2. The van der Waals surface area contributed by atoms with Crippen LogP contribution in [0.3, 0.4) is 0 Å². The van der Waals surface area contributed by atoms with Gasteiger partial charge < -0.3 is 15.8 Å². The Morgan fingerprint density at radius 2 is 1.82 bits per heavy atom. The fourth-order valence-electron chi connectivity index (χ4n) is 4.66. The van der Waals surface area contributed by atoms with Gasteiger partial charge in [-0.05, 0) is 61.6 Å². The smallest absolute Gasteiger partial charge is 0.333 e. The molecule has 204 valence electrons. The summed E-state index contributed by atoms with van der Waals surface area (Å²) in [5.41, 5.74) is 7.78. The minimum absolute atomic E-state index is 0.138. The van der Waals surface area contributed by atoms with Crippen LogP contribution in [0.4, 0.5) is 8.78 Å². The third-order valence-corrected chi connectivity index (χ3v) is 6.71. The van der Waals surface area contributed by atoms with Gasteiger partial charge in [-0.25, -0.2) is 9.36 Å². The number of ether oxygens (including phenoxy) is 1. The Bertz CT molecular complexity index is 1570. The summed E-state index contributed by atoms with van der Waals surface area (Å²) in [5.74, 6) is -0.847. The molecule has 2 amide bonds. The molecule has 10 nitrogen and oxygen atoms in total. The summed E-state index contributed by atoms with van der Waals surface area (Å²) in [4.78, 5) is 25.0. The number of alkyl halides is 2. The second-order valence-corrected chi connectivity index (χ2v) is 9.45. The number of nitrogens with two attached hydrogens (primary N) is 1. The maximum Gasteiger partial charge on any atom is 0.333 e. The van der Waals surface area contributed by atoms with E-state index >= 15 is 0 Å². The van der Waals surface area contributed by atoms with E-state index in [0.29, 0.717) is 41.5 Å². The third kappa shape index (κ3) is 5.83. The van der Waals surface area contributed by atoms with Crippen molar-refractivity contribution in [1.29, 1.82) is 5.26 Å². The van der Waals surface area contributed by atoms with E-state index in [1.165, 1.54) is 18.3 Å². The number of rotatable bonds is 8. The number of primary amides is 1. The molecule has 4 aromatic rings. The van der Waals surface area contributed by atoms with Crippen LogP contribution in [0.5, 0.6) is 5.88 Å². The Morgan fingerprint density at radius 1 is 1.07 bits per heavy atom. The van der Waals surface area contributed by atoms with Gasteiger partial charge >= 0.3 is 6.55 Å². The van der Waals surface area contributed by atoms with Crippen LogP contribution in [-0.4, -0.2) is 43.5 Å². The van der Waals surface area contributed by atoms with Crippen LogP contribution in [0, 0.1) is 11.3 Å². The van der Waals surface area contributed by atoms with Gasteiger partial charge in [0.05, 0.1) is 23.5 Å². The average molecular weight is 546 g/mol. The van der Waals surface area contributed by atoms with E-state index in [9.17, 15) is 23.6 Å². The molecule has 3 N–H and O–H groups in total. The molecule has 1 aliphatic rings. The average Bonchev–Trinajstić information content (AvgIpc) is 3.63. The van der Waals surface area contributed by atoms with E-state index in [1.807, 2.05) is 36.4 Å². The number of halogens is 2. The first-order chi connectivity index (χ1) is 19.3. The standard InChI is InChI=1S/C28H25F2N7O3/c29-28(30)37-15-20(14-33-37)18-10-17(13-31)11-19(12-18)26(39)34-21-6-8-23(9-7-21)40-27-24(25(32)38)16-36(35-27)22-4-2-1-3-5-22/h1-5,10-12,14-16,21,23,28H,6-9H2,(H2,32,38)(H,34,39). The van der Waals surface area contributed by atoms with Gasteiger partial charge in [0.15, 0.2) is 0 Å². The first-order valence-electron chi connectivity index (χ1n) is 12.6. The van der Waals surface area contributed by atoms with E-state index in [0.717, 1.165) is 11.9 Å². The van der Waals surface area contributed by atoms with E-state index < -0.39 is 12.5 Å². The molecule has 0 radical (unpaired) electrons. The number of nitrogens with one attached hydrogen (secondary N) is 1. The van der Waals surface area contributed by atoms with Crippen molar-refractivity contribution in [2.45, 2.75) is 44.4 Å². The van der Waals surface area contributed by atoms with Gasteiger partial charge in [-0.2, -0.15) is 19.1 Å². The van der Waals surface area contributed by atoms with Crippen LogP contribution in [-0.2, 0) is 0 Å². The molecule has 0 spiro atoms. The Kier molecular flexibility index (Phi) is 7.54. The Balaban J connectivity index is 1.22. The third-order valence-electron chi connectivity index (χ3n) is 6.71. The van der Waals surface area contributed by atoms with Gasteiger partial charge in [0.2, 0.25) is 5.88 Å². The fraction of sp³-hybridized carbons (Fsp3) is 0.250. The second-order valence-electron chi connectivity index (χ2n) is 9.45. The molecule has 2 heterocycles. The van der Waals surface area contributed by atoms with Crippen LogP contribution in [0.2, 0.25) is 0 Å². The summed E-state index contributed by atoms with van der Waals surface area (Å²) in [6, 6.07) is 15.7. The predicted molar refractivity (Wildman–Crippen MR) is 140 cm³/mol. The van der Waals surface area contributed by atoms with Crippen molar-refractivity contribution in [3.63, 3.8) is 0 Å². The summed E-state index contributed by atoms with van der Waals surface area (Å²) in [6.07, 6.45) is 6.21. The number of carbonyl (C=O) groups is 2. The molecule has 40 heavy (non-hydrogen) atoms. The number of hydrogen-bond donors (Lipinski definition) is 2. The SMILES string of the molecule is N#Cc1cc(C(=O)NC2CCC(Oc3nn(-c4ccccc4)cc3C(N)=O)CC2)cc(-c2cnn(C(F)F)c2)c1. The van der Waals surface area contributed by atoms with Crippen LogP contribution < -0.4 is 15.8 Å². The Labute approximate surface area is 228 Å². The number of carbonyl (C=O) groups excluding carboxylic acids is 2. The molecule has 1 fully saturated rings. The maximum absolute atomic E-state index is 13.1. The van der Waals surface area contributed by atoms with E-state index in [4.69, 9.17) is 10.5 Å². The molecule has 5 rings (SSSR count). The first kappa shape index (κ1) is 26.6. The number of para-hydroxylation sites is 1. The summed E-state index contributed by atoms with van der Waals surface area (Å²) in [5, 5.41) is 20.5. The van der Waals surface area contributed by atoms with Crippen molar-refractivity contribution < 1.29 is 23.1 Å². The molecule has 1 saturated carbocycles. The largest absolute Gasteiger partial charge is 0.473 e. The van der Waals surface area contributed by atoms with E-state index in [-0.39, 0.29) is 40.6 Å². The van der Waals surface area contributed by atoms with E-state index in [1.54, 1.807) is 16.9 Å². The van der Waals surface area contributed by atoms with Crippen molar-refractivity contribution in [2.75, 3.05) is 0 Å². The summed E-state index contributed by atoms with van der Waals surface area (Å²) < 4.78 is 34.0. The normalized spacial score (nSPS) is 16.9. The first-order valence-corrected chi connectivity index (χ1v) is 12.6. The Hall–Kier alpha value is -5.05. The molecular formula is C28H25F2N7O3. The molecule has 2 aromatic heterocycles. The number of nitrogens with zero attached hydrogens (tertiary/aromatic N) is 5. The Morgan fingerprint density at radius 3 is 2.48 bits per heavy atom. The highest BCUT2D eigenvalue weighted by Gasteiger charge is 2.27. The number of amides is 2. The molecule has 12 heteroatoms.